The molecule has 0 bridgehead atoms. The van der Waals surface area contributed by atoms with E-state index in [0.29, 0.717) is 56.1 Å². The Labute approximate surface area is 196 Å². The molecule has 0 atom stereocenters. The van der Waals surface area contributed by atoms with Crippen LogP contribution in [-0.2, 0) is 17.8 Å². The third-order valence-electron chi connectivity index (χ3n) is 5.38. The molecule has 1 amide bonds. The van der Waals surface area contributed by atoms with E-state index in [0.717, 1.165) is 11.4 Å². The van der Waals surface area contributed by atoms with Gasteiger partial charge in [-0.05, 0) is 5.56 Å². The molecule has 1 fully saturated rings. The Hall–Kier alpha value is -3.58. The number of nitrogens with zero attached hydrogens (tertiary/aromatic N) is 7. The number of thioether (sulfide) groups is 1. The lowest BCUT2D eigenvalue weighted by atomic mass is 10.1. The van der Waals surface area contributed by atoms with Crippen LogP contribution < -0.4 is 4.90 Å². The second-order valence-corrected chi connectivity index (χ2v) is 8.56. The highest BCUT2D eigenvalue weighted by Crippen LogP contribution is 2.24. The highest BCUT2D eigenvalue weighted by Gasteiger charge is 2.26. The molecule has 10 heteroatoms. The quantitative estimate of drug-likeness (QED) is 0.371. The van der Waals surface area contributed by atoms with Gasteiger partial charge in [-0.1, -0.05) is 48.2 Å². The average Bonchev–Trinajstić information content (AvgIpc) is 3.41. The summed E-state index contributed by atoms with van der Waals surface area (Å²) in [6, 6.07) is 12.2. The molecule has 1 aliphatic rings. The van der Waals surface area contributed by atoms with E-state index in [1.54, 1.807) is 6.92 Å². The van der Waals surface area contributed by atoms with Gasteiger partial charge in [-0.2, -0.15) is 5.26 Å². The molecule has 0 unspecified atom stereocenters. The molecule has 0 spiro atoms. The molecular weight excluding hydrogens is 438 g/mol. The maximum atomic E-state index is 12.8. The second-order valence-electron chi connectivity index (χ2n) is 7.62. The number of hydrogen-bond donors (Lipinski definition) is 0. The van der Waals surface area contributed by atoms with Crippen molar-refractivity contribution in [1.82, 2.24) is 24.6 Å². The van der Waals surface area contributed by atoms with Crippen LogP contribution in [-0.4, -0.2) is 62.5 Å². The number of carbonyl (C=O) groups is 1. The van der Waals surface area contributed by atoms with Gasteiger partial charge in [0.05, 0.1) is 5.75 Å². The van der Waals surface area contributed by atoms with Crippen LogP contribution in [0.1, 0.15) is 23.0 Å². The van der Waals surface area contributed by atoms with Gasteiger partial charge in [-0.15, -0.1) is 16.8 Å². The second kappa shape index (κ2) is 10.4. The molecule has 4 rings (SSSR count). The first kappa shape index (κ1) is 22.6. The maximum absolute atomic E-state index is 12.8. The Morgan fingerprint density at radius 3 is 2.70 bits per heavy atom. The predicted molar refractivity (Wildman–Crippen MR) is 125 cm³/mol. The molecule has 1 aliphatic heterocycles. The summed E-state index contributed by atoms with van der Waals surface area (Å²) in [4.78, 5) is 20.7. The summed E-state index contributed by atoms with van der Waals surface area (Å²) >= 11 is 1.39. The first-order valence-electron chi connectivity index (χ1n) is 10.7. The normalized spacial score (nSPS) is 13.7. The third-order valence-corrected chi connectivity index (χ3v) is 6.33. The van der Waals surface area contributed by atoms with E-state index in [2.05, 4.69) is 40.0 Å². The molecule has 3 heterocycles. The zero-order valence-electron chi connectivity index (χ0n) is 18.5. The molecule has 0 radical (unpaired) electrons. The van der Waals surface area contributed by atoms with Crippen LogP contribution in [0.15, 0.2) is 52.6 Å². The van der Waals surface area contributed by atoms with E-state index in [4.69, 9.17) is 4.42 Å². The number of amides is 1. The van der Waals surface area contributed by atoms with Crippen molar-refractivity contribution in [3.05, 3.63) is 66.0 Å². The van der Waals surface area contributed by atoms with Crippen molar-refractivity contribution in [1.29, 1.82) is 5.26 Å². The molecule has 3 aromatic rings. The van der Waals surface area contributed by atoms with Crippen LogP contribution >= 0.6 is 11.8 Å². The zero-order chi connectivity index (χ0) is 23.2. The molecular formula is C23H25N7O2S. The fourth-order valence-corrected chi connectivity index (χ4v) is 4.60. The number of hydrogen-bond acceptors (Lipinski definition) is 8. The van der Waals surface area contributed by atoms with Gasteiger partial charge in [0.15, 0.2) is 11.0 Å². The van der Waals surface area contributed by atoms with Crippen LogP contribution in [0.3, 0.4) is 0 Å². The minimum Gasteiger partial charge on any atom is -0.424 e. The number of benzene rings is 1. The van der Waals surface area contributed by atoms with E-state index < -0.39 is 0 Å². The van der Waals surface area contributed by atoms with Crippen LogP contribution in [0.4, 0.5) is 5.88 Å². The smallest absolute Gasteiger partial charge is 0.234 e. The van der Waals surface area contributed by atoms with Gasteiger partial charge in [0.1, 0.15) is 11.9 Å². The maximum Gasteiger partial charge on any atom is 0.234 e. The fourth-order valence-electron chi connectivity index (χ4n) is 3.73. The molecule has 0 aliphatic carbocycles. The number of oxazole rings is 1. The lowest BCUT2D eigenvalue weighted by molar-refractivity contribution is -0.128. The van der Waals surface area contributed by atoms with Gasteiger partial charge >= 0.3 is 0 Å². The van der Waals surface area contributed by atoms with Crippen molar-refractivity contribution >= 4 is 23.6 Å². The minimum absolute atomic E-state index is 0.0478. The summed E-state index contributed by atoms with van der Waals surface area (Å²) < 4.78 is 7.59. The Bertz CT molecular complexity index is 1160. The summed E-state index contributed by atoms with van der Waals surface area (Å²) in [6.45, 7) is 8.45. The molecule has 1 saturated heterocycles. The van der Waals surface area contributed by atoms with Crippen LogP contribution in [0.5, 0.6) is 0 Å². The van der Waals surface area contributed by atoms with Crippen molar-refractivity contribution in [3.8, 4) is 6.07 Å². The van der Waals surface area contributed by atoms with E-state index in [-0.39, 0.29) is 17.4 Å². The van der Waals surface area contributed by atoms with E-state index in [1.165, 1.54) is 11.8 Å². The lowest BCUT2D eigenvalue weighted by Crippen LogP contribution is -2.49. The van der Waals surface area contributed by atoms with E-state index in [1.807, 2.05) is 38.6 Å². The summed E-state index contributed by atoms with van der Waals surface area (Å²) in [5.41, 5.74) is 1.44. The fraction of sp³-hybridized carbons (Fsp3) is 0.348. The van der Waals surface area contributed by atoms with Crippen molar-refractivity contribution in [2.24, 2.45) is 0 Å². The molecule has 9 nitrogen and oxygen atoms in total. The van der Waals surface area contributed by atoms with Gasteiger partial charge in [-0.3, -0.25) is 4.79 Å². The van der Waals surface area contributed by atoms with Gasteiger partial charge in [0, 0.05) is 46.1 Å². The highest BCUT2D eigenvalue weighted by atomic mass is 32.2. The largest absolute Gasteiger partial charge is 0.424 e. The molecule has 1 aromatic carbocycles. The van der Waals surface area contributed by atoms with Crippen molar-refractivity contribution in [2.45, 2.75) is 25.0 Å². The number of aromatic nitrogens is 4. The Morgan fingerprint density at radius 1 is 1.24 bits per heavy atom. The first-order valence-corrected chi connectivity index (χ1v) is 11.7. The van der Waals surface area contributed by atoms with Gasteiger partial charge in [0.2, 0.25) is 17.5 Å². The number of rotatable bonds is 8. The summed E-state index contributed by atoms with van der Waals surface area (Å²) in [5, 5.41) is 18.6. The van der Waals surface area contributed by atoms with Crippen molar-refractivity contribution < 1.29 is 9.21 Å². The lowest BCUT2D eigenvalue weighted by Gasteiger charge is -2.34. The molecule has 2 aromatic heterocycles. The first-order chi connectivity index (χ1) is 16.1. The molecule has 33 heavy (non-hydrogen) atoms. The zero-order valence-corrected chi connectivity index (χ0v) is 19.3. The number of nitriles is 1. The third kappa shape index (κ3) is 5.26. The van der Waals surface area contributed by atoms with E-state index in [9.17, 15) is 10.1 Å². The van der Waals surface area contributed by atoms with Crippen LogP contribution in [0.2, 0.25) is 0 Å². The number of anilines is 1. The Kier molecular flexibility index (Phi) is 7.10. The van der Waals surface area contributed by atoms with Crippen LogP contribution in [0, 0.1) is 18.3 Å². The Balaban J connectivity index is 1.34. The minimum atomic E-state index is 0.0478. The number of aryl methyl sites for hydroxylation is 1. The summed E-state index contributed by atoms with van der Waals surface area (Å²) in [7, 11) is 0. The van der Waals surface area contributed by atoms with E-state index >= 15 is 0 Å². The SMILES string of the molecule is C=CCn1c(Cc2ccccc2)nnc1SCC(=O)N1CCN(c2oc(C)nc2C#N)CC1. The molecule has 170 valence electrons. The Morgan fingerprint density at radius 2 is 2.00 bits per heavy atom. The molecule has 0 N–H and O–H groups in total. The number of allylic oxidation sites excluding steroid dienone is 1. The summed E-state index contributed by atoms with van der Waals surface area (Å²) in [5.74, 6) is 2.13. The predicted octanol–water partition coefficient (Wildman–Crippen LogP) is 2.66. The average molecular weight is 464 g/mol. The van der Waals surface area contributed by atoms with Crippen molar-refractivity contribution in [3.63, 3.8) is 0 Å². The standard InChI is InChI=1S/C23H25N7O2S/c1-3-9-30-20(14-18-7-5-4-6-8-18)26-27-23(30)33-16-21(31)28-10-12-29(13-11-28)22-19(15-24)25-17(2)32-22/h3-8H,1,9-14,16H2,2H3. The van der Waals surface area contributed by atoms with Crippen LogP contribution in [0.25, 0.3) is 0 Å². The number of piperazine rings is 1. The number of carbonyl (C=O) groups excluding carboxylic acids is 1. The molecule has 0 saturated carbocycles. The summed E-state index contributed by atoms with van der Waals surface area (Å²) in [6.07, 6.45) is 2.48. The highest BCUT2D eigenvalue weighted by molar-refractivity contribution is 7.99. The van der Waals surface area contributed by atoms with Gasteiger partial charge < -0.3 is 18.8 Å². The van der Waals surface area contributed by atoms with Gasteiger partial charge in [-0.25, -0.2) is 4.98 Å². The van der Waals surface area contributed by atoms with Gasteiger partial charge in [0.25, 0.3) is 0 Å². The topological polar surface area (TPSA) is 104 Å². The monoisotopic (exact) mass is 463 g/mol. The van der Waals surface area contributed by atoms with Crippen molar-refractivity contribution in [2.75, 3.05) is 36.8 Å².